The van der Waals surface area contributed by atoms with Crippen molar-refractivity contribution in [3.63, 3.8) is 0 Å². The van der Waals surface area contributed by atoms with Gasteiger partial charge in [-0.25, -0.2) is 0 Å². The van der Waals surface area contributed by atoms with Crippen molar-refractivity contribution in [2.75, 3.05) is 27.2 Å². The molecule has 1 aliphatic rings. The molecular formula is C14H30N2O. The zero-order valence-electron chi connectivity index (χ0n) is 12.3. The highest BCUT2D eigenvalue weighted by molar-refractivity contribution is 4.83. The molecule has 1 atom stereocenters. The molecule has 1 rings (SSSR count). The Morgan fingerprint density at radius 1 is 1.35 bits per heavy atom. The molecule has 0 spiro atoms. The first kappa shape index (κ1) is 14.9. The van der Waals surface area contributed by atoms with Crippen molar-refractivity contribution in [2.24, 2.45) is 0 Å². The van der Waals surface area contributed by atoms with E-state index in [0.29, 0.717) is 6.10 Å². The Labute approximate surface area is 107 Å². The van der Waals surface area contributed by atoms with E-state index in [9.17, 15) is 0 Å². The quantitative estimate of drug-likeness (QED) is 0.671. The molecule has 0 aliphatic heterocycles. The summed E-state index contributed by atoms with van der Waals surface area (Å²) in [7, 11) is 4.22. The number of ether oxygens (including phenoxy) is 1. The van der Waals surface area contributed by atoms with Crippen LogP contribution in [0.4, 0.5) is 0 Å². The van der Waals surface area contributed by atoms with E-state index in [0.717, 1.165) is 25.6 Å². The fraction of sp³-hybridized carbons (Fsp3) is 1.00. The zero-order chi connectivity index (χ0) is 12.9. The summed E-state index contributed by atoms with van der Waals surface area (Å²) in [6.45, 7) is 8.50. The van der Waals surface area contributed by atoms with Crippen molar-refractivity contribution in [3.8, 4) is 0 Å². The third-order valence-electron chi connectivity index (χ3n) is 3.71. The van der Waals surface area contributed by atoms with Gasteiger partial charge in [-0.2, -0.15) is 0 Å². The van der Waals surface area contributed by atoms with E-state index in [1.165, 1.54) is 19.3 Å². The summed E-state index contributed by atoms with van der Waals surface area (Å²) >= 11 is 0. The normalized spacial score (nSPS) is 18.7. The highest BCUT2D eigenvalue weighted by atomic mass is 16.5. The lowest BCUT2D eigenvalue weighted by Gasteiger charge is -2.34. The highest BCUT2D eigenvalue weighted by Crippen LogP contribution is 2.19. The largest absolute Gasteiger partial charge is 0.375 e. The number of nitrogens with one attached hydrogen (secondary N) is 1. The van der Waals surface area contributed by atoms with Gasteiger partial charge < -0.3 is 15.0 Å². The fourth-order valence-electron chi connectivity index (χ4n) is 1.60. The molecule has 0 saturated heterocycles. The molecule has 0 aromatic carbocycles. The van der Waals surface area contributed by atoms with Crippen LogP contribution in [0.2, 0.25) is 0 Å². The van der Waals surface area contributed by atoms with Gasteiger partial charge in [-0.15, -0.1) is 0 Å². The Kier molecular flexibility index (Phi) is 5.90. The first-order chi connectivity index (χ1) is 7.95. The van der Waals surface area contributed by atoms with Crippen LogP contribution in [0.15, 0.2) is 0 Å². The van der Waals surface area contributed by atoms with Crippen molar-refractivity contribution < 1.29 is 4.74 Å². The van der Waals surface area contributed by atoms with E-state index in [4.69, 9.17) is 4.74 Å². The molecule has 3 heteroatoms. The van der Waals surface area contributed by atoms with Crippen molar-refractivity contribution in [3.05, 3.63) is 0 Å². The predicted molar refractivity (Wildman–Crippen MR) is 73.4 cm³/mol. The van der Waals surface area contributed by atoms with Gasteiger partial charge in [-0.3, -0.25) is 0 Å². The minimum absolute atomic E-state index is 0.117. The molecule has 0 aromatic heterocycles. The maximum absolute atomic E-state index is 6.08. The van der Waals surface area contributed by atoms with Crippen LogP contribution in [0.1, 0.15) is 46.5 Å². The number of nitrogens with zero attached hydrogens (tertiary/aromatic N) is 1. The second kappa shape index (κ2) is 6.72. The molecule has 3 nitrogen and oxygen atoms in total. The zero-order valence-corrected chi connectivity index (χ0v) is 12.3. The molecule has 1 unspecified atom stereocenters. The minimum atomic E-state index is 0.117. The van der Waals surface area contributed by atoms with Gasteiger partial charge in [0.05, 0.1) is 12.7 Å². The third-order valence-corrected chi connectivity index (χ3v) is 3.71. The van der Waals surface area contributed by atoms with E-state index in [1.54, 1.807) is 0 Å². The Hall–Kier alpha value is -0.120. The Bertz CT molecular complexity index is 212. The summed E-state index contributed by atoms with van der Waals surface area (Å²) in [5, 5.41) is 3.57. The first-order valence-electron chi connectivity index (χ1n) is 6.98. The van der Waals surface area contributed by atoms with Crippen molar-refractivity contribution >= 4 is 0 Å². The summed E-state index contributed by atoms with van der Waals surface area (Å²) in [5.74, 6) is 0. The molecule has 1 fully saturated rings. The molecule has 0 radical (unpaired) electrons. The van der Waals surface area contributed by atoms with Gasteiger partial charge in [0.15, 0.2) is 0 Å². The van der Waals surface area contributed by atoms with Crippen LogP contribution < -0.4 is 5.32 Å². The maximum atomic E-state index is 6.08. The fourth-order valence-corrected chi connectivity index (χ4v) is 1.60. The van der Waals surface area contributed by atoms with Gasteiger partial charge in [0.2, 0.25) is 0 Å². The van der Waals surface area contributed by atoms with E-state index in [1.807, 2.05) is 0 Å². The van der Waals surface area contributed by atoms with Crippen molar-refractivity contribution in [2.45, 2.75) is 64.1 Å². The number of likely N-dealkylation sites (N-methyl/N-ethyl adjacent to an activating group) is 1. The average molecular weight is 242 g/mol. The van der Waals surface area contributed by atoms with Crippen LogP contribution in [0.5, 0.6) is 0 Å². The molecule has 1 saturated carbocycles. The van der Waals surface area contributed by atoms with Crippen molar-refractivity contribution in [1.29, 1.82) is 0 Å². The lowest BCUT2D eigenvalue weighted by atomic mass is 10.1. The summed E-state index contributed by atoms with van der Waals surface area (Å²) in [6.07, 6.45) is 5.42. The van der Waals surface area contributed by atoms with Crippen LogP contribution >= 0.6 is 0 Å². The van der Waals surface area contributed by atoms with Crippen molar-refractivity contribution in [1.82, 2.24) is 10.2 Å². The SMILES string of the molecule is CCCC(CNC1CC1)OCC(C)(C)N(C)C. The molecule has 1 N–H and O–H groups in total. The Balaban J connectivity index is 2.26. The summed E-state index contributed by atoms with van der Waals surface area (Å²) < 4.78 is 6.08. The molecular weight excluding hydrogens is 212 g/mol. The molecule has 0 heterocycles. The van der Waals surface area contributed by atoms with E-state index < -0.39 is 0 Å². The topological polar surface area (TPSA) is 24.5 Å². The summed E-state index contributed by atoms with van der Waals surface area (Å²) in [5.41, 5.74) is 0.117. The minimum Gasteiger partial charge on any atom is -0.375 e. The van der Waals surface area contributed by atoms with Gasteiger partial charge in [-0.05, 0) is 47.2 Å². The molecule has 17 heavy (non-hydrogen) atoms. The monoisotopic (exact) mass is 242 g/mol. The Morgan fingerprint density at radius 3 is 2.47 bits per heavy atom. The Morgan fingerprint density at radius 2 is 2.00 bits per heavy atom. The van der Waals surface area contributed by atoms with Crippen LogP contribution in [0.25, 0.3) is 0 Å². The van der Waals surface area contributed by atoms with Crippen LogP contribution in [-0.2, 0) is 4.74 Å². The summed E-state index contributed by atoms with van der Waals surface area (Å²) in [6, 6.07) is 0.778. The lowest BCUT2D eigenvalue weighted by molar-refractivity contribution is -0.0146. The average Bonchev–Trinajstić information content (AvgIpc) is 3.06. The molecule has 1 aliphatic carbocycles. The number of rotatable bonds is 9. The highest BCUT2D eigenvalue weighted by Gasteiger charge is 2.25. The molecule has 0 amide bonds. The second-order valence-electron chi connectivity index (χ2n) is 6.11. The van der Waals surface area contributed by atoms with Crippen LogP contribution in [0, 0.1) is 0 Å². The second-order valence-corrected chi connectivity index (χ2v) is 6.11. The van der Waals surface area contributed by atoms with Gasteiger partial charge in [0.25, 0.3) is 0 Å². The van der Waals surface area contributed by atoms with Gasteiger partial charge in [0, 0.05) is 18.1 Å². The predicted octanol–water partition coefficient (Wildman–Crippen LogP) is 2.26. The van der Waals surface area contributed by atoms with E-state index in [-0.39, 0.29) is 5.54 Å². The van der Waals surface area contributed by atoms with Gasteiger partial charge in [0.1, 0.15) is 0 Å². The molecule has 102 valence electrons. The van der Waals surface area contributed by atoms with E-state index in [2.05, 4.69) is 45.1 Å². The number of hydrogen-bond donors (Lipinski definition) is 1. The van der Waals surface area contributed by atoms with E-state index >= 15 is 0 Å². The maximum Gasteiger partial charge on any atom is 0.0700 e. The molecule has 0 bridgehead atoms. The van der Waals surface area contributed by atoms with Gasteiger partial charge >= 0.3 is 0 Å². The lowest BCUT2D eigenvalue weighted by Crippen LogP contribution is -2.44. The summed E-state index contributed by atoms with van der Waals surface area (Å²) in [4.78, 5) is 2.23. The van der Waals surface area contributed by atoms with Gasteiger partial charge in [-0.1, -0.05) is 13.3 Å². The third kappa shape index (κ3) is 5.84. The van der Waals surface area contributed by atoms with Crippen LogP contribution in [-0.4, -0.2) is 49.8 Å². The smallest absolute Gasteiger partial charge is 0.0700 e. The van der Waals surface area contributed by atoms with Crippen LogP contribution in [0.3, 0.4) is 0 Å². The molecule has 0 aromatic rings. The number of hydrogen-bond acceptors (Lipinski definition) is 3. The standard InChI is InChI=1S/C14H30N2O/c1-6-7-13(10-15-12-8-9-12)17-11-14(2,3)16(4)5/h12-13,15H,6-11H2,1-5H3. The first-order valence-corrected chi connectivity index (χ1v) is 6.98.